The summed E-state index contributed by atoms with van der Waals surface area (Å²) >= 11 is 1.42. The van der Waals surface area contributed by atoms with Gasteiger partial charge in [0.1, 0.15) is 0 Å². The summed E-state index contributed by atoms with van der Waals surface area (Å²) in [6, 6.07) is 5.62. The molecule has 1 aromatic rings. The minimum absolute atomic E-state index is 0.0330. The summed E-state index contributed by atoms with van der Waals surface area (Å²) in [5.74, 6) is 0.450. The average molecular weight is 179 g/mol. The fourth-order valence-corrected chi connectivity index (χ4v) is 1.35. The minimum atomic E-state index is 0.0330. The molecule has 0 saturated heterocycles. The number of carbonyl (C=O) groups excluding carboxylic acids is 1. The molecule has 0 unspecified atom stereocenters. The van der Waals surface area contributed by atoms with Crippen LogP contribution in [0.4, 0.5) is 0 Å². The van der Waals surface area contributed by atoms with E-state index in [1.54, 1.807) is 6.20 Å². The molecule has 0 fully saturated rings. The maximum absolute atomic E-state index is 10.8. The maximum atomic E-state index is 10.8. The number of aromatic nitrogens is 1. The maximum Gasteiger partial charge on any atom is 0.165 e. The van der Waals surface area contributed by atoms with Gasteiger partial charge < -0.3 is 0 Å². The van der Waals surface area contributed by atoms with E-state index in [4.69, 9.17) is 0 Å². The van der Waals surface area contributed by atoms with Crippen LogP contribution in [0.15, 0.2) is 42.1 Å². The molecule has 0 N–H and O–H groups in total. The SMILES string of the molecule is C=CC(=O)CSc1ccccn1. The summed E-state index contributed by atoms with van der Waals surface area (Å²) in [7, 11) is 0. The van der Waals surface area contributed by atoms with Gasteiger partial charge in [0, 0.05) is 6.20 Å². The summed E-state index contributed by atoms with van der Waals surface area (Å²) in [6.45, 7) is 3.39. The lowest BCUT2D eigenvalue weighted by Crippen LogP contribution is -1.95. The van der Waals surface area contributed by atoms with Crippen molar-refractivity contribution in [3.05, 3.63) is 37.1 Å². The van der Waals surface area contributed by atoms with Crippen LogP contribution in [0, 0.1) is 0 Å². The molecule has 2 nitrogen and oxygen atoms in total. The molecule has 1 aromatic heterocycles. The Morgan fingerprint density at radius 3 is 3.08 bits per heavy atom. The van der Waals surface area contributed by atoms with Crippen LogP contribution in [0.3, 0.4) is 0 Å². The zero-order chi connectivity index (χ0) is 8.81. The molecule has 0 spiro atoms. The van der Waals surface area contributed by atoms with Gasteiger partial charge in [0.2, 0.25) is 0 Å². The van der Waals surface area contributed by atoms with Crippen LogP contribution < -0.4 is 0 Å². The largest absolute Gasteiger partial charge is 0.294 e. The van der Waals surface area contributed by atoms with Crippen LogP contribution >= 0.6 is 11.8 Å². The lowest BCUT2D eigenvalue weighted by molar-refractivity contribution is -0.112. The summed E-state index contributed by atoms with van der Waals surface area (Å²) in [5.41, 5.74) is 0. The highest BCUT2D eigenvalue weighted by molar-refractivity contribution is 7.99. The second-order valence-corrected chi connectivity index (χ2v) is 3.12. The van der Waals surface area contributed by atoms with E-state index < -0.39 is 0 Å². The molecule has 0 saturated carbocycles. The van der Waals surface area contributed by atoms with E-state index in [1.165, 1.54) is 17.8 Å². The zero-order valence-corrected chi connectivity index (χ0v) is 7.38. The van der Waals surface area contributed by atoms with Gasteiger partial charge in [0.05, 0.1) is 10.8 Å². The number of nitrogens with zero attached hydrogens (tertiary/aromatic N) is 1. The molecule has 12 heavy (non-hydrogen) atoms. The van der Waals surface area contributed by atoms with Crippen molar-refractivity contribution >= 4 is 17.5 Å². The van der Waals surface area contributed by atoms with Crippen LogP contribution in [0.5, 0.6) is 0 Å². The van der Waals surface area contributed by atoms with Gasteiger partial charge in [-0.15, -0.1) is 0 Å². The normalized spacial score (nSPS) is 9.33. The van der Waals surface area contributed by atoms with Crippen molar-refractivity contribution in [2.45, 2.75) is 5.03 Å². The third-order valence-electron chi connectivity index (χ3n) is 1.23. The Hall–Kier alpha value is -1.09. The molecule has 1 heterocycles. The van der Waals surface area contributed by atoms with Crippen LogP contribution in [0.25, 0.3) is 0 Å². The van der Waals surface area contributed by atoms with E-state index in [2.05, 4.69) is 11.6 Å². The van der Waals surface area contributed by atoms with E-state index in [9.17, 15) is 4.79 Å². The highest BCUT2D eigenvalue weighted by atomic mass is 32.2. The van der Waals surface area contributed by atoms with Gasteiger partial charge >= 0.3 is 0 Å². The molecule has 0 atom stereocenters. The smallest absolute Gasteiger partial charge is 0.165 e. The molecule has 0 aliphatic carbocycles. The molecular formula is C9H9NOS. The molecule has 3 heteroatoms. The van der Waals surface area contributed by atoms with Gasteiger partial charge in [-0.25, -0.2) is 4.98 Å². The molecule has 0 aliphatic rings. The second-order valence-electron chi connectivity index (χ2n) is 2.13. The Bertz CT molecular complexity index is 271. The van der Waals surface area contributed by atoms with Gasteiger partial charge in [-0.05, 0) is 18.2 Å². The Balaban J connectivity index is 2.43. The molecule has 0 bridgehead atoms. The third kappa shape index (κ3) is 2.88. The van der Waals surface area contributed by atoms with Gasteiger partial charge in [-0.3, -0.25) is 4.79 Å². The fourth-order valence-electron chi connectivity index (χ4n) is 0.636. The first-order valence-corrected chi connectivity index (χ1v) is 4.50. The monoisotopic (exact) mass is 179 g/mol. The molecule has 62 valence electrons. The molecule has 0 aromatic carbocycles. The number of allylic oxidation sites excluding steroid dienone is 1. The predicted octanol–water partition coefficient (Wildman–Crippen LogP) is 1.93. The number of thioether (sulfide) groups is 1. The van der Waals surface area contributed by atoms with E-state index in [0.717, 1.165) is 5.03 Å². The van der Waals surface area contributed by atoms with Gasteiger partial charge in [0.25, 0.3) is 0 Å². The number of hydrogen-bond acceptors (Lipinski definition) is 3. The van der Waals surface area contributed by atoms with E-state index in [-0.39, 0.29) is 5.78 Å². The van der Waals surface area contributed by atoms with Crippen LogP contribution in [-0.2, 0) is 4.79 Å². The van der Waals surface area contributed by atoms with E-state index in [0.29, 0.717) is 5.75 Å². The fraction of sp³-hybridized carbons (Fsp3) is 0.111. The van der Waals surface area contributed by atoms with Crippen LogP contribution in [0.1, 0.15) is 0 Å². The molecule has 0 radical (unpaired) electrons. The number of hydrogen-bond donors (Lipinski definition) is 0. The average Bonchev–Trinajstić information content (AvgIpc) is 2.16. The standard InChI is InChI=1S/C9H9NOS/c1-2-8(11)7-12-9-5-3-4-6-10-9/h2-6H,1,7H2. The number of ketones is 1. The number of pyridine rings is 1. The highest BCUT2D eigenvalue weighted by Crippen LogP contribution is 2.13. The lowest BCUT2D eigenvalue weighted by atomic mass is 10.5. The summed E-state index contributed by atoms with van der Waals surface area (Å²) in [4.78, 5) is 14.9. The molecule has 0 amide bonds. The Morgan fingerprint density at radius 1 is 1.67 bits per heavy atom. The van der Waals surface area contributed by atoms with Crippen molar-refractivity contribution in [2.75, 3.05) is 5.75 Å². The Kier molecular flexibility index (Phi) is 3.54. The van der Waals surface area contributed by atoms with Gasteiger partial charge in [0.15, 0.2) is 5.78 Å². The second kappa shape index (κ2) is 4.72. The van der Waals surface area contributed by atoms with Crippen molar-refractivity contribution in [1.29, 1.82) is 0 Å². The van der Waals surface area contributed by atoms with Crippen molar-refractivity contribution in [2.24, 2.45) is 0 Å². The molecule has 1 rings (SSSR count). The summed E-state index contributed by atoms with van der Waals surface area (Å²) in [6.07, 6.45) is 3.04. The van der Waals surface area contributed by atoms with Gasteiger partial charge in [-0.1, -0.05) is 24.4 Å². The minimum Gasteiger partial charge on any atom is -0.294 e. The first-order chi connectivity index (χ1) is 5.83. The molecular weight excluding hydrogens is 170 g/mol. The first-order valence-electron chi connectivity index (χ1n) is 3.52. The number of rotatable bonds is 4. The van der Waals surface area contributed by atoms with Gasteiger partial charge in [-0.2, -0.15) is 0 Å². The van der Waals surface area contributed by atoms with Crippen molar-refractivity contribution < 1.29 is 4.79 Å². The predicted molar refractivity (Wildman–Crippen MR) is 50.2 cm³/mol. The molecule has 0 aliphatic heterocycles. The topological polar surface area (TPSA) is 30.0 Å². The zero-order valence-electron chi connectivity index (χ0n) is 6.56. The Morgan fingerprint density at radius 2 is 2.50 bits per heavy atom. The third-order valence-corrected chi connectivity index (χ3v) is 2.19. The van der Waals surface area contributed by atoms with Crippen LogP contribution in [-0.4, -0.2) is 16.5 Å². The van der Waals surface area contributed by atoms with E-state index in [1.807, 2.05) is 18.2 Å². The summed E-state index contributed by atoms with van der Waals surface area (Å²) in [5, 5.41) is 0.868. The Labute approximate surface area is 75.7 Å². The quantitative estimate of drug-likeness (QED) is 0.522. The first kappa shape index (κ1) is 9.00. The van der Waals surface area contributed by atoms with Crippen molar-refractivity contribution in [3.8, 4) is 0 Å². The highest BCUT2D eigenvalue weighted by Gasteiger charge is 1.97. The number of carbonyl (C=O) groups is 1. The van der Waals surface area contributed by atoms with Crippen molar-refractivity contribution in [3.63, 3.8) is 0 Å². The lowest BCUT2D eigenvalue weighted by Gasteiger charge is -1.95. The van der Waals surface area contributed by atoms with E-state index >= 15 is 0 Å². The summed E-state index contributed by atoms with van der Waals surface area (Å²) < 4.78 is 0. The van der Waals surface area contributed by atoms with Crippen LogP contribution in [0.2, 0.25) is 0 Å². The van der Waals surface area contributed by atoms with Crippen molar-refractivity contribution in [1.82, 2.24) is 4.98 Å².